The van der Waals surface area contributed by atoms with E-state index < -0.39 is 0 Å². The molecule has 30 heavy (non-hydrogen) atoms. The van der Waals surface area contributed by atoms with Crippen LogP contribution in [0.25, 0.3) is 11.3 Å². The van der Waals surface area contributed by atoms with Crippen LogP contribution in [0.2, 0.25) is 0 Å². The number of carbonyl (C=O) groups excluding carboxylic acids is 1. The second-order valence-electron chi connectivity index (χ2n) is 8.14. The number of benzene rings is 1. The predicted octanol–water partition coefficient (Wildman–Crippen LogP) is 4.35. The Kier molecular flexibility index (Phi) is 4.80. The van der Waals surface area contributed by atoms with Crippen molar-refractivity contribution in [1.29, 1.82) is 5.26 Å². The second-order valence-corrected chi connectivity index (χ2v) is 8.14. The van der Waals surface area contributed by atoms with Crippen molar-refractivity contribution in [1.82, 2.24) is 20.1 Å². The minimum atomic E-state index is -0.159. The topological polar surface area (TPSA) is 83.6 Å². The average molecular weight is 397 g/mol. The number of carbonyl (C=O) groups is 1. The first-order valence-corrected chi connectivity index (χ1v) is 10.6. The van der Waals surface area contributed by atoms with Crippen molar-refractivity contribution < 1.29 is 4.79 Å². The maximum absolute atomic E-state index is 12.8. The first-order chi connectivity index (χ1) is 14.7. The summed E-state index contributed by atoms with van der Waals surface area (Å²) in [6.45, 7) is 0.853. The van der Waals surface area contributed by atoms with E-state index in [9.17, 15) is 4.79 Å². The minimum absolute atomic E-state index is 0.100. The number of aromatic nitrogens is 3. The van der Waals surface area contributed by atoms with Gasteiger partial charge in [0.25, 0.3) is 5.91 Å². The van der Waals surface area contributed by atoms with E-state index >= 15 is 0 Å². The predicted molar refractivity (Wildman–Crippen MR) is 113 cm³/mol. The maximum atomic E-state index is 12.8. The fraction of sp³-hybridized carbons (Fsp3) is 0.333. The van der Waals surface area contributed by atoms with Gasteiger partial charge in [0.2, 0.25) is 0 Å². The smallest absolute Gasteiger partial charge is 0.251 e. The van der Waals surface area contributed by atoms with Gasteiger partial charge in [-0.15, -0.1) is 0 Å². The van der Waals surface area contributed by atoms with E-state index in [1.54, 1.807) is 24.3 Å². The van der Waals surface area contributed by atoms with Crippen molar-refractivity contribution in [2.24, 2.45) is 0 Å². The molecule has 1 N–H and O–H groups in total. The summed E-state index contributed by atoms with van der Waals surface area (Å²) in [6.07, 6.45) is 7.25. The highest BCUT2D eigenvalue weighted by Gasteiger charge is 2.26. The molecule has 2 aromatic heterocycles. The molecule has 0 radical (unpaired) electrons. The molecular formula is C24H23N5O. The second kappa shape index (κ2) is 7.75. The molecule has 150 valence electrons. The molecular weight excluding hydrogens is 374 g/mol. The number of hydrogen-bond acceptors (Lipinski definition) is 4. The van der Waals surface area contributed by atoms with Gasteiger partial charge in [-0.1, -0.05) is 6.07 Å². The number of amides is 1. The highest BCUT2D eigenvalue weighted by molar-refractivity contribution is 5.94. The monoisotopic (exact) mass is 397 g/mol. The molecule has 1 saturated carbocycles. The molecule has 6 nitrogen and oxygen atoms in total. The fourth-order valence-electron chi connectivity index (χ4n) is 4.12. The number of nitriles is 1. The molecule has 1 aromatic carbocycles. The SMILES string of the molecule is N#Cc1cccc(C(=O)N[C@H]2CCCCn3nc(-c4ccnc(C5CC5)c4)cc32)c1. The Balaban J connectivity index is 1.42. The summed E-state index contributed by atoms with van der Waals surface area (Å²) in [7, 11) is 0. The Hall–Kier alpha value is -3.46. The average Bonchev–Trinajstić information content (AvgIpc) is 3.58. The number of pyridine rings is 1. The van der Waals surface area contributed by atoms with Crippen LogP contribution in [-0.4, -0.2) is 20.7 Å². The van der Waals surface area contributed by atoms with Crippen molar-refractivity contribution in [3.8, 4) is 17.3 Å². The summed E-state index contributed by atoms with van der Waals surface area (Å²) in [5.74, 6) is 0.440. The van der Waals surface area contributed by atoms with E-state index in [1.807, 2.05) is 16.9 Å². The van der Waals surface area contributed by atoms with Gasteiger partial charge >= 0.3 is 0 Å². The zero-order valence-electron chi connectivity index (χ0n) is 16.7. The number of hydrogen-bond donors (Lipinski definition) is 1. The molecule has 0 saturated heterocycles. The van der Waals surface area contributed by atoms with Crippen LogP contribution in [0.4, 0.5) is 0 Å². The summed E-state index contributed by atoms with van der Waals surface area (Å²) in [6, 6.07) is 15.1. The van der Waals surface area contributed by atoms with E-state index in [0.29, 0.717) is 17.0 Å². The molecule has 2 aliphatic rings. The first-order valence-electron chi connectivity index (χ1n) is 10.6. The molecule has 0 bridgehead atoms. The molecule has 1 aliphatic heterocycles. The number of rotatable bonds is 4. The normalized spacial score (nSPS) is 18.2. The third kappa shape index (κ3) is 3.71. The van der Waals surface area contributed by atoms with Crippen molar-refractivity contribution in [2.45, 2.75) is 50.6 Å². The number of nitrogens with zero attached hydrogens (tertiary/aromatic N) is 4. The molecule has 0 spiro atoms. The van der Waals surface area contributed by atoms with Gasteiger partial charge in [0, 0.05) is 35.5 Å². The highest BCUT2D eigenvalue weighted by Crippen LogP contribution is 2.40. The highest BCUT2D eigenvalue weighted by atomic mass is 16.1. The fourth-order valence-corrected chi connectivity index (χ4v) is 4.12. The Bertz CT molecular complexity index is 1140. The molecule has 5 rings (SSSR count). The number of nitrogens with one attached hydrogen (secondary N) is 1. The van der Waals surface area contributed by atoms with Crippen LogP contribution >= 0.6 is 0 Å². The molecule has 3 aromatic rings. The molecule has 6 heteroatoms. The summed E-state index contributed by atoms with van der Waals surface area (Å²) in [5, 5.41) is 17.1. The Morgan fingerprint density at radius 2 is 2.03 bits per heavy atom. The number of fused-ring (bicyclic) bond motifs is 1. The van der Waals surface area contributed by atoms with Crippen molar-refractivity contribution in [3.05, 3.63) is 71.2 Å². The molecule has 1 fully saturated rings. The van der Waals surface area contributed by atoms with Crippen LogP contribution in [0.5, 0.6) is 0 Å². The van der Waals surface area contributed by atoms with Crippen LogP contribution in [0.1, 0.15) is 71.4 Å². The Labute approximate surface area is 175 Å². The van der Waals surface area contributed by atoms with Crippen LogP contribution in [0, 0.1) is 11.3 Å². The van der Waals surface area contributed by atoms with Gasteiger partial charge in [-0.25, -0.2) is 0 Å². The van der Waals surface area contributed by atoms with Crippen LogP contribution in [0.15, 0.2) is 48.7 Å². The lowest BCUT2D eigenvalue weighted by molar-refractivity contribution is 0.0933. The lowest BCUT2D eigenvalue weighted by Gasteiger charge is -2.17. The molecule has 3 heterocycles. The lowest BCUT2D eigenvalue weighted by atomic mass is 10.0. The molecule has 1 atom stereocenters. The van der Waals surface area contributed by atoms with Crippen LogP contribution in [-0.2, 0) is 6.54 Å². The Morgan fingerprint density at radius 3 is 2.87 bits per heavy atom. The van der Waals surface area contributed by atoms with Crippen molar-refractivity contribution in [3.63, 3.8) is 0 Å². The largest absolute Gasteiger partial charge is 0.344 e. The quantitative estimate of drug-likeness (QED) is 0.709. The van der Waals surface area contributed by atoms with Gasteiger partial charge in [-0.3, -0.25) is 14.5 Å². The van der Waals surface area contributed by atoms with Gasteiger partial charge in [-0.2, -0.15) is 10.4 Å². The van der Waals surface area contributed by atoms with E-state index in [0.717, 1.165) is 48.5 Å². The third-order valence-corrected chi connectivity index (χ3v) is 5.91. The zero-order chi connectivity index (χ0) is 20.5. The number of aryl methyl sites for hydroxylation is 1. The standard InChI is InChI=1S/C24H23N5O/c25-15-16-4-3-5-19(12-16)24(30)27-20-6-1-2-11-29-23(20)14-22(28-29)18-9-10-26-21(13-18)17-7-8-17/h3-5,9-10,12-14,17,20H,1-2,6-8,11H2,(H,27,30)/t20-/m0/s1. The van der Waals surface area contributed by atoms with E-state index in [1.165, 1.54) is 12.8 Å². The summed E-state index contributed by atoms with van der Waals surface area (Å²) in [4.78, 5) is 17.4. The van der Waals surface area contributed by atoms with Crippen molar-refractivity contribution >= 4 is 5.91 Å². The summed E-state index contributed by atoms with van der Waals surface area (Å²) in [5.41, 5.74) is 5.20. The maximum Gasteiger partial charge on any atom is 0.251 e. The van der Waals surface area contributed by atoms with E-state index in [-0.39, 0.29) is 11.9 Å². The zero-order valence-corrected chi connectivity index (χ0v) is 16.7. The van der Waals surface area contributed by atoms with Crippen LogP contribution in [0.3, 0.4) is 0 Å². The molecule has 0 unspecified atom stereocenters. The first kappa shape index (κ1) is 18.6. The summed E-state index contributed by atoms with van der Waals surface area (Å²) < 4.78 is 2.04. The Morgan fingerprint density at radius 1 is 1.13 bits per heavy atom. The van der Waals surface area contributed by atoms with Gasteiger partial charge in [-0.05, 0) is 68.5 Å². The molecule has 1 aliphatic carbocycles. The lowest BCUT2D eigenvalue weighted by Crippen LogP contribution is -2.29. The minimum Gasteiger partial charge on any atom is -0.344 e. The summed E-state index contributed by atoms with van der Waals surface area (Å²) >= 11 is 0. The van der Waals surface area contributed by atoms with Gasteiger partial charge in [0.05, 0.1) is 29.1 Å². The van der Waals surface area contributed by atoms with Crippen molar-refractivity contribution in [2.75, 3.05) is 0 Å². The van der Waals surface area contributed by atoms with Gasteiger partial charge < -0.3 is 5.32 Å². The van der Waals surface area contributed by atoms with E-state index in [4.69, 9.17) is 10.4 Å². The van der Waals surface area contributed by atoms with E-state index in [2.05, 4.69) is 28.5 Å². The molecule has 1 amide bonds. The third-order valence-electron chi connectivity index (χ3n) is 5.91. The van der Waals surface area contributed by atoms with Gasteiger partial charge in [0.1, 0.15) is 0 Å². The van der Waals surface area contributed by atoms with Crippen LogP contribution < -0.4 is 5.32 Å². The van der Waals surface area contributed by atoms with Gasteiger partial charge in [0.15, 0.2) is 0 Å².